The number of methoxy groups -OCH3 is 1. The second-order valence-corrected chi connectivity index (χ2v) is 5.13. The largest absolute Gasteiger partial charge is 0.493 e. The Morgan fingerprint density at radius 3 is 2.55 bits per heavy atom. The van der Waals surface area contributed by atoms with Gasteiger partial charge in [0, 0.05) is 12.5 Å². The molecule has 0 radical (unpaired) electrons. The smallest absolute Gasteiger partial charge is 0.224 e. The highest BCUT2D eigenvalue weighted by Gasteiger charge is 2.16. The number of rotatable bonds is 8. The van der Waals surface area contributed by atoms with E-state index in [2.05, 4.69) is 12.2 Å². The van der Waals surface area contributed by atoms with Crippen LogP contribution in [0.15, 0.2) is 18.2 Å². The van der Waals surface area contributed by atoms with Gasteiger partial charge >= 0.3 is 0 Å². The Morgan fingerprint density at radius 1 is 1.32 bits per heavy atom. The number of amides is 1. The number of hydrogen-bond donors (Lipinski definition) is 2. The van der Waals surface area contributed by atoms with Gasteiger partial charge in [-0.3, -0.25) is 4.79 Å². The molecule has 0 saturated carbocycles. The van der Waals surface area contributed by atoms with Crippen LogP contribution in [0.2, 0.25) is 0 Å². The number of hydrogen-bond acceptors (Lipinski definition) is 4. The first-order valence-corrected chi connectivity index (χ1v) is 7.34. The van der Waals surface area contributed by atoms with Gasteiger partial charge in [0.25, 0.3) is 0 Å². The van der Waals surface area contributed by atoms with Gasteiger partial charge in [-0.1, -0.05) is 19.9 Å². The van der Waals surface area contributed by atoms with E-state index in [1.807, 2.05) is 32.0 Å². The molecular weight excluding hydrogens is 304 g/mol. The van der Waals surface area contributed by atoms with E-state index in [-0.39, 0.29) is 30.3 Å². The molecule has 0 aromatic heterocycles. The molecule has 0 aliphatic heterocycles. The first kappa shape index (κ1) is 20.5. The number of carbonyl (C=O) groups excluding carboxylic acids is 1. The lowest BCUT2D eigenvalue weighted by Gasteiger charge is -2.19. The minimum atomic E-state index is -0.193. The van der Waals surface area contributed by atoms with E-state index in [1.165, 1.54) is 0 Å². The van der Waals surface area contributed by atoms with Crippen molar-refractivity contribution in [1.82, 2.24) is 5.32 Å². The lowest BCUT2D eigenvalue weighted by Crippen LogP contribution is -2.34. The lowest BCUT2D eigenvalue weighted by molar-refractivity contribution is -0.124. The number of ether oxygens (including phenoxy) is 2. The molecule has 0 aliphatic rings. The van der Waals surface area contributed by atoms with Crippen LogP contribution in [0.4, 0.5) is 0 Å². The molecule has 126 valence electrons. The van der Waals surface area contributed by atoms with Crippen molar-refractivity contribution < 1.29 is 14.3 Å². The third-order valence-electron chi connectivity index (χ3n) is 3.31. The van der Waals surface area contributed by atoms with Crippen LogP contribution in [0.5, 0.6) is 11.5 Å². The highest BCUT2D eigenvalue weighted by Crippen LogP contribution is 2.30. The molecule has 0 bridgehead atoms. The molecular formula is C16H27ClN2O3. The van der Waals surface area contributed by atoms with Gasteiger partial charge in [-0.05, 0) is 31.0 Å². The molecule has 3 N–H and O–H groups in total. The fourth-order valence-corrected chi connectivity index (χ4v) is 1.83. The van der Waals surface area contributed by atoms with Crippen molar-refractivity contribution in [3.63, 3.8) is 0 Å². The molecule has 1 aromatic carbocycles. The Balaban J connectivity index is 0.00000441. The van der Waals surface area contributed by atoms with Gasteiger partial charge in [0.1, 0.15) is 0 Å². The van der Waals surface area contributed by atoms with Crippen molar-refractivity contribution in [2.45, 2.75) is 33.2 Å². The van der Waals surface area contributed by atoms with E-state index >= 15 is 0 Å². The number of nitrogens with one attached hydrogen (secondary N) is 1. The fraction of sp³-hybridized carbons (Fsp3) is 0.562. The average molecular weight is 331 g/mol. The number of halogens is 1. The van der Waals surface area contributed by atoms with Crippen LogP contribution in [0.1, 0.15) is 38.8 Å². The van der Waals surface area contributed by atoms with Gasteiger partial charge in [-0.2, -0.15) is 0 Å². The molecule has 2 atom stereocenters. The summed E-state index contributed by atoms with van der Waals surface area (Å²) in [6.45, 7) is 6.78. The van der Waals surface area contributed by atoms with Crippen LogP contribution in [0, 0.1) is 5.92 Å². The van der Waals surface area contributed by atoms with Gasteiger partial charge in [0.2, 0.25) is 5.91 Å². The van der Waals surface area contributed by atoms with Gasteiger partial charge in [-0.25, -0.2) is 0 Å². The summed E-state index contributed by atoms with van der Waals surface area (Å²) in [6.07, 6.45) is 0.939. The predicted octanol–water partition coefficient (Wildman–Crippen LogP) is 2.68. The van der Waals surface area contributed by atoms with Crippen molar-refractivity contribution in [3.05, 3.63) is 23.8 Å². The topological polar surface area (TPSA) is 73.6 Å². The summed E-state index contributed by atoms with van der Waals surface area (Å²) in [5.41, 5.74) is 6.47. The molecule has 0 heterocycles. The van der Waals surface area contributed by atoms with Crippen LogP contribution in [-0.4, -0.2) is 26.2 Å². The molecule has 0 fully saturated rings. The molecule has 0 spiro atoms. The summed E-state index contributed by atoms with van der Waals surface area (Å²) in [7, 11) is 1.61. The van der Waals surface area contributed by atoms with Crippen molar-refractivity contribution in [1.29, 1.82) is 0 Å². The highest BCUT2D eigenvalue weighted by atomic mass is 35.5. The van der Waals surface area contributed by atoms with Crippen molar-refractivity contribution in [2.75, 3.05) is 20.3 Å². The normalized spacial score (nSPS) is 12.8. The first-order valence-electron chi connectivity index (χ1n) is 7.34. The minimum absolute atomic E-state index is 0. The quantitative estimate of drug-likeness (QED) is 0.768. The SMILES string of the molecule is CCCOc1ccc(C(C)NC(=O)C(C)CN)cc1OC.Cl. The molecule has 1 aromatic rings. The Labute approximate surface area is 139 Å². The standard InChI is InChI=1S/C16H26N2O3.ClH/c1-5-8-21-14-7-6-13(9-15(14)20-4)12(3)18-16(19)11(2)10-17;/h6-7,9,11-12H,5,8,10,17H2,1-4H3,(H,18,19);1H. The number of carbonyl (C=O) groups is 1. The summed E-state index contributed by atoms with van der Waals surface area (Å²) in [4.78, 5) is 11.9. The molecule has 22 heavy (non-hydrogen) atoms. The zero-order valence-corrected chi connectivity index (χ0v) is 14.5. The third-order valence-corrected chi connectivity index (χ3v) is 3.31. The molecule has 0 aliphatic carbocycles. The van der Waals surface area contributed by atoms with Crippen molar-refractivity contribution >= 4 is 18.3 Å². The minimum Gasteiger partial charge on any atom is -0.493 e. The Hall–Kier alpha value is -1.46. The van der Waals surface area contributed by atoms with Crippen LogP contribution in [0.25, 0.3) is 0 Å². The zero-order chi connectivity index (χ0) is 15.8. The summed E-state index contributed by atoms with van der Waals surface area (Å²) in [5.74, 6) is 1.16. The summed E-state index contributed by atoms with van der Waals surface area (Å²) < 4.78 is 11.0. The predicted molar refractivity (Wildman–Crippen MR) is 90.8 cm³/mol. The summed E-state index contributed by atoms with van der Waals surface area (Å²) >= 11 is 0. The first-order chi connectivity index (χ1) is 10.0. The summed E-state index contributed by atoms with van der Waals surface area (Å²) in [6, 6.07) is 5.59. The van der Waals surface area contributed by atoms with Crippen LogP contribution < -0.4 is 20.5 Å². The van der Waals surface area contributed by atoms with E-state index in [9.17, 15) is 4.79 Å². The van der Waals surface area contributed by atoms with Crippen molar-refractivity contribution in [3.8, 4) is 11.5 Å². The van der Waals surface area contributed by atoms with E-state index in [0.717, 1.165) is 17.7 Å². The number of benzene rings is 1. The van der Waals surface area contributed by atoms with Crippen LogP contribution in [0.3, 0.4) is 0 Å². The van der Waals surface area contributed by atoms with Gasteiger partial charge in [-0.15, -0.1) is 12.4 Å². The average Bonchev–Trinajstić information content (AvgIpc) is 2.51. The lowest BCUT2D eigenvalue weighted by atomic mass is 10.1. The van der Waals surface area contributed by atoms with Crippen LogP contribution >= 0.6 is 12.4 Å². The number of nitrogens with two attached hydrogens (primary N) is 1. The molecule has 0 saturated heterocycles. The maximum Gasteiger partial charge on any atom is 0.224 e. The summed E-state index contributed by atoms with van der Waals surface area (Å²) in [5, 5.41) is 2.95. The van der Waals surface area contributed by atoms with E-state index in [4.69, 9.17) is 15.2 Å². The maximum atomic E-state index is 11.9. The van der Waals surface area contributed by atoms with Gasteiger partial charge in [0.05, 0.1) is 19.8 Å². The van der Waals surface area contributed by atoms with E-state index in [0.29, 0.717) is 18.9 Å². The molecule has 1 rings (SSSR count). The Morgan fingerprint density at radius 2 is 2.00 bits per heavy atom. The monoisotopic (exact) mass is 330 g/mol. The fourth-order valence-electron chi connectivity index (χ4n) is 1.83. The molecule has 6 heteroatoms. The van der Waals surface area contributed by atoms with E-state index in [1.54, 1.807) is 7.11 Å². The Kier molecular flexibility index (Phi) is 9.61. The third kappa shape index (κ3) is 5.73. The van der Waals surface area contributed by atoms with Crippen molar-refractivity contribution in [2.24, 2.45) is 11.7 Å². The molecule has 5 nitrogen and oxygen atoms in total. The second kappa shape index (κ2) is 10.3. The zero-order valence-electron chi connectivity index (χ0n) is 13.7. The Bertz CT molecular complexity index is 469. The maximum absolute atomic E-state index is 11.9. The molecule has 2 unspecified atom stereocenters. The van der Waals surface area contributed by atoms with E-state index < -0.39 is 0 Å². The molecule has 1 amide bonds. The highest BCUT2D eigenvalue weighted by molar-refractivity contribution is 5.85. The van der Waals surface area contributed by atoms with Gasteiger partial charge < -0.3 is 20.5 Å². The van der Waals surface area contributed by atoms with Gasteiger partial charge in [0.15, 0.2) is 11.5 Å². The van der Waals surface area contributed by atoms with Crippen LogP contribution in [-0.2, 0) is 4.79 Å². The second-order valence-electron chi connectivity index (χ2n) is 5.13.